The number of nitrogens with zero attached hydrogens (tertiary/aromatic N) is 1. The molecule has 0 amide bonds. The molecule has 154 valence electrons. The van der Waals surface area contributed by atoms with Crippen LogP contribution in [0.15, 0.2) is 66.7 Å². The van der Waals surface area contributed by atoms with E-state index in [1.54, 1.807) is 38.5 Å². The van der Waals surface area contributed by atoms with Crippen molar-refractivity contribution in [1.82, 2.24) is 4.90 Å². The number of benzene rings is 3. The van der Waals surface area contributed by atoms with Crippen LogP contribution in [-0.2, 0) is 6.54 Å². The lowest BCUT2D eigenvalue weighted by atomic mass is 9.84. The number of hydrogen-bond acceptors (Lipinski definition) is 4. The molecule has 0 N–H and O–H groups in total. The highest BCUT2D eigenvalue weighted by Crippen LogP contribution is 2.40. The third-order valence-corrected chi connectivity index (χ3v) is 5.84. The molecule has 4 nitrogen and oxygen atoms in total. The van der Waals surface area contributed by atoms with Crippen molar-refractivity contribution >= 4 is 17.4 Å². The van der Waals surface area contributed by atoms with Gasteiger partial charge in [0.1, 0.15) is 0 Å². The van der Waals surface area contributed by atoms with Crippen LogP contribution in [0.2, 0.25) is 5.02 Å². The molecule has 3 aromatic rings. The van der Waals surface area contributed by atoms with E-state index in [9.17, 15) is 4.79 Å². The van der Waals surface area contributed by atoms with Crippen LogP contribution in [0.25, 0.3) is 0 Å². The molecule has 30 heavy (non-hydrogen) atoms. The molecule has 4 rings (SSSR count). The van der Waals surface area contributed by atoms with Gasteiger partial charge in [0.2, 0.25) is 0 Å². The molecular weight excluding hydrogens is 398 g/mol. The van der Waals surface area contributed by atoms with Gasteiger partial charge in [-0.3, -0.25) is 9.69 Å². The zero-order valence-electron chi connectivity index (χ0n) is 17.1. The lowest BCUT2D eigenvalue weighted by Crippen LogP contribution is -2.37. The zero-order valence-corrected chi connectivity index (χ0v) is 17.9. The van der Waals surface area contributed by atoms with E-state index in [1.807, 2.05) is 24.3 Å². The van der Waals surface area contributed by atoms with Gasteiger partial charge >= 0.3 is 0 Å². The molecular formula is C25H24ClNO3. The molecule has 1 aliphatic rings. The van der Waals surface area contributed by atoms with Crippen LogP contribution in [0.3, 0.4) is 0 Å². The van der Waals surface area contributed by atoms with Gasteiger partial charge in [-0.1, -0.05) is 41.9 Å². The highest BCUT2D eigenvalue weighted by molar-refractivity contribution is 6.30. The highest BCUT2D eigenvalue weighted by Gasteiger charge is 2.29. The zero-order chi connectivity index (χ0) is 21.1. The van der Waals surface area contributed by atoms with E-state index in [4.69, 9.17) is 21.1 Å². The summed E-state index contributed by atoms with van der Waals surface area (Å²) < 4.78 is 11.1. The lowest BCUT2D eigenvalue weighted by molar-refractivity contribution is 0.0917. The number of methoxy groups -OCH3 is 2. The Morgan fingerprint density at radius 1 is 1.00 bits per heavy atom. The average molecular weight is 422 g/mol. The predicted molar refractivity (Wildman–Crippen MR) is 119 cm³/mol. The van der Waals surface area contributed by atoms with Crippen LogP contribution in [0.5, 0.6) is 11.5 Å². The Hall–Kier alpha value is -2.82. The standard InChI is InChI=1S/C25H24ClNO3/c1-29-24-12-19-14-27(16-23(28)18-8-10-20(26)11-9-18)15-22(17-6-4-3-5-7-17)21(19)13-25(24)30-2/h3-13,22H,14-16H2,1-2H3. The number of Topliss-reactive ketones (excluding diaryl/α,β-unsaturated/α-hetero) is 1. The Bertz CT molecular complexity index is 1030. The first kappa shape index (κ1) is 20.5. The number of ketones is 1. The minimum Gasteiger partial charge on any atom is -0.493 e. The summed E-state index contributed by atoms with van der Waals surface area (Å²) in [4.78, 5) is 15.1. The van der Waals surface area contributed by atoms with E-state index >= 15 is 0 Å². The summed E-state index contributed by atoms with van der Waals surface area (Å²) in [6.45, 7) is 1.78. The van der Waals surface area contributed by atoms with Crippen molar-refractivity contribution in [1.29, 1.82) is 0 Å². The van der Waals surface area contributed by atoms with Crippen molar-refractivity contribution in [2.75, 3.05) is 27.3 Å². The molecule has 0 saturated heterocycles. The molecule has 1 aliphatic heterocycles. The lowest BCUT2D eigenvalue weighted by Gasteiger charge is -2.35. The molecule has 1 unspecified atom stereocenters. The Morgan fingerprint density at radius 3 is 2.33 bits per heavy atom. The molecule has 0 radical (unpaired) electrons. The summed E-state index contributed by atoms with van der Waals surface area (Å²) in [5, 5.41) is 0.628. The molecule has 0 saturated carbocycles. The second kappa shape index (κ2) is 8.90. The maximum atomic E-state index is 12.9. The van der Waals surface area contributed by atoms with Crippen molar-refractivity contribution in [2.45, 2.75) is 12.5 Å². The minimum atomic E-state index is 0.0856. The topological polar surface area (TPSA) is 38.8 Å². The van der Waals surface area contributed by atoms with Gasteiger partial charge in [0.05, 0.1) is 20.8 Å². The summed E-state index contributed by atoms with van der Waals surface area (Å²) in [6, 6.07) is 21.6. The van der Waals surface area contributed by atoms with E-state index in [-0.39, 0.29) is 11.7 Å². The fourth-order valence-electron chi connectivity index (χ4n) is 4.08. The third-order valence-electron chi connectivity index (χ3n) is 5.59. The summed E-state index contributed by atoms with van der Waals surface area (Å²) >= 11 is 5.96. The van der Waals surface area contributed by atoms with Gasteiger partial charge in [-0.15, -0.1) is 0 Å². The number of carbonyl (C=O) groups is 1. The number of ether oxygens (including phenoxy) is 2. The van der Waals surface area contributed by atoms with Crippen molar-refractivity contribution in [2.24, 2.45) is 0 Å². The van der Waals surface area contributed by atoms with Crippen LogP contribution in [0.4, 0.5) is 0 Å². The fourth-order valence-corrected chi connectivity index (χ4v) is 4.21. The van der Waals surface area contributed by atoms with Crippen molar-refractivity contribution < 1.29 is 14.3 Å². The van der Waals surface area contributed by atoms with E-state index < -0.39 is 0 Å². The largest absolute Gasteiger partial charge is 0.493 e. The quantitative estimate of drug-likeness (QED) is 0.513. The minimum absolute atomic E-state index is 0.0856. The average Bonchev–Trinajstić information content (AvgIpc) is 2.78. The third kappa shape index (κ3) is 4.20. The number of halogens is 1. The van der Waals surface area contributed by atoms with Crippen LogP contribution in [-0.4, -0.2) is 38.0 Å². The fraction of sp³-hybridized carbons (Fsp3) is 0.240. The van der Waals surface area contributed by atoms with Gasteiger partial charge in [-0.2, -0.15) is 0 Å². The molecule has 0 spiro atoms. The smallest absolute Gasteiger partial charge is 0.176 e. The molecule has 0 aliphatic carbocycles. The summed E-state index contributed by atoms with van der Waals surface area (Å²) in [5.41, 5.74) is 4.26. The number of hydrogen-bond donors (Lipinski definition) is 0. The second-order valence-electron chi connectivity index (χ2n) is 7.47. The molecule has 0 aromatic heterocycles. The number of fused-ring (bicyclic) bond motifs is 1. The summed E-state index contributed by atoms with van der Waals surface area (Å²) in [5.74, 6) is 1.66. The van der Waals surface area contributed by atoms with Crippen LogP contribution < -0.4 is 9.47 Å². The normalized spacial score (nSPS) is 16.0. The molecule has 1 atom stereocenters. The monoisotopic (exact) mass is 421 g/mol. The second-order valence-corrected chi connectivity index (χ2v) is 7.91. The maximum Gasteiger partial charge on any atom is 0.176 e. The van der Waals surface area contributed by atoms with E-state index in [0.29, 0.717) is 29.4 Å². The van der Waals surface area contributed by atoms with E-state index in [0.717, 1.165) is 17.9 Å². The predicted octanol–water partition coefficient (Wildman–Crippen LogP) is 5.19. The SMILES string of the molecule is COc1cc2c(cc1OC)C(c1ccccc1)CN(CC(=O)c1ccc(Cl)cc1)C2. The first-order chi connectivity index (χ1) is 14.6. The van der Waals surface area contributed by atoms with E-state index in [1.165, 1.54) is 11.1 Å². The van der Waals surface area contributed by atoms with Crippen LogP contribution >= 0.6 is 11.6 Å². The van der Waals surface area contributed by atoms with Gasteiger partial charge in [0.25, 0.3) is 0 Å². The van der Waals surface area contributed by atoms with Crippen LogP contribution in [0.1, 0.15) is 33.0 Å². The summed E-state index contributed by atoms with van der Waals surface area (Å²) in [6.07, 6.45) is 0. The van der Waals surface area contributed by atoms with Crippen molar-refractivity contribution in [3.63, 3.8) is 0 Å². The van der Waals surface area contributed by atoms with E-state index in [2.05, 4.69) is 23.1 Å². The van der Waals surface area contributed by atoms with Gasteiger partial charge in [0, 0.05) is 29.6 Å². The van der Waals surface area contributed by atoms with Gasteiger partial charge in [-0.25, -0.2) is 0 Å². The summed E-state index contributed by atoms with van der Waals surface area (Å²) in [7, 11) is 3.30. The Labute approximate surface area is 182 Å². The number of carbonyl (C=O) groups excluding carboxylic acids is 1. The Balaban J connectivity index is 1.67. The van der Waals surface area contributed by atoms with Gasteiger partial charge in [-0.05, 0) is 53.1 Å². The Kier molecular flexibility index (Phi) is 6.07. The van der Waals surface area contributed by atoms with Gasteiger partial charge in [0.15, 0.2) is 17.3 Å². The molecule has 0 fully saturated rings. The van der Waals surface area contributed by atoms with Crippen molar-refractivity contribution in [3.05, 3.63) is 94.0 Å². The first-order valence-corrected chi connectivity index (χ1v) is 10.3. The maximum absolute atomic E-state index is 12.9. The van der Waals surface area contributed by atoms with Crippen LogP contribution in [0, 0.1) is 0 Å². The molecule has 1 heterocycles. The molecule has 5 heteroatoms. The Morgan fingerprint density at radius 2 is 1.67 bits per heavy atom. The first-order valence-electron chi connectivity index (χ1n) is 9.90. The highest BCUT2D eigenvalue weighted by atomic mass is 35.5. The number of rotatable bonds is 6. The van der Waals surface area contributed by atoms with Crippen molar-refractivity contribution in [3.8, 4) is 11.5 Å². The van der Waals surface area contributed by atoms with Gasteiger partial charge < -0.3 is 9.47 Å². The molecule has 3 aromatic carbocycles. The molecule has 0 bridgehead atoms.